The number of aliphatic hydroxyl groups is 1. The van der Waals surface area contributed by atoms with Gasteiger partial charge in [-0.3, -0.25) is 4.79 Å². The van der Waals surface area contributed by atoms with Gasteiger partial charge in [-0.05, 0) is 66.6 Å². The standard InChI is InChI=1S/C23H34O4/c1-16-13-19(15-27-17(2)24)20-21(3,4)9-6-10-22(20,5)23(16,25)11-7-18-8-12-26-14-18/h8,12,14-16,20,25H,6-7,9-11,13H2,1-5H3. The van der Waals surface area contributed by atoms with Crippen LogP contribution < -0.4 is 0 Å². The van der Waals surface area contributed by atoms with Crippen LogP contribution in [0.2, 0.25) is 0 Å². The van der Waals surface area contributed by atoms with Crippen molar-refractivity contribution >= 4 is 5.97 Å². The zero-order chi connectivity index (χ0) is 19.9. The van der Waals surface area contributed by atoms with Crippen LogP contribution in [-0.2, 0) is 16.0 Å². The van der Waals surface area contributed by atoms with Gasteiger partial charge in [-0.15, -0.1) is 0 Å². The number of carbonyl (C=O) groups is 1. The van der Waals surface area contributed by atoms with E-state index in [0.717, 1.165) is 44.1 Å². The topological polar surface area (TPSA) is 59.7 Å². The van der Waals surface area contributed by atoms with Crippen LogP contribution in [0.3, 0.4) is 0 Å². The zero-order valence-corrected chi connectivity index (χ0v) is 17.4. The summed E-state index contributed by atoms with van der Waals surface area (Å²) in [6.07, 6.45) is 10.7. The third-order valence-corrected chi connectivity index (χ3v) is 7.40. The first-order chi connectivity index (χ1) is 12.6. The van der Waals surface area contributed by atoms with Crippen molar-refractivity contribution in [3.05, 3.63) is 36.0 Å². The summed E-state index contributed by atoms with van der Waals surface area (Å²) < 4.78 is 10.5. The Morgan fingerprint density at radius 2 is 2.11 bits per heavy atom. The van der Waals surface area contributed by atoms with Gasteiger partial charge in [0, 0.05) is 12.3 Å². The highest BCUT2D eigenvalue weighted by molar-refractivity contribution is 5.66. The van der Waals surface area contributed by atoms with Crippen LogP contribution in [0.15, 0.2) is 34.8 Å². The first-order valence-corrected chi connectivity index (χ1v) is 10.2. The molecule has 2 saturated carbocycles. The molecule has 150 valence electrons. The van der Waals surface area contributed by atoms with E-state index in [9.17, 15) is 9.90 Å². The number of carbonyl (C=O) groups excluding carboxylic acids is 1. The predicted octanol–water partition coefficient (Wildman–Crippen LogP) is 5.26. The molecular formula is C23H34O4. The van der Waals surface area contributed by atoms with E-state index in [4.69, 9.17) is 9.15 Å². The van der Waals surface area contributed by atoms with E-state index in [0.29, 0.717) is 0 Å². The maximum atomic E-state index is 12.1. The van der Waals surface area contributed by atoms with Crippen molar-refractivity contribution in [3.8, 4) is 0 Å². The van der Waals surface area contributed by atoms with E-state index in [1.165, 1.54) is 12.5 Å². The predicted molar refractivity (Wildman–Crippen MR) is 105 cm³/mol. The van der Waals surface area contributed by atoms with Crippen molar-refractivity contribution in [2.24, 2.45) is 22.7 Å². The molecule has 0 radical (unpaired) electrons. The summed E-state index contributed by atoms with van der Waals surface area (Å²) in [5.74, 6) is 0.0104. The van der Waals surface area contributed by atoms with Crippen LogP contribution in [0.25, 0.3) is 0 Å². The highest BCUT2D eigenvalue weighted by Gasteiger charge is 2.62. The largest absolute Gasteiger partial charge is 0.472 e. The summed E-state index contributed by atoms with van der Waals surface area (Å²) in [6.45, 7) is 10.4. The number of rotatable bonds is 4. The van der Waals surface area contributed by atoms with Crippen LogP contribution in [0.4, 0.5) is 0 Å². The third-order valence-electron chi connectivity index (χ3n) is 7.40. The molecule has 0 spiro atoms. The van der Waals surface area contributed by atoms with Crippen LogP contribution in [-0.4, -0.2) is 16.7 Å². The van der Waals surface area contributed by atoms with Crippen molar-refractivity contribution in [3.63, 3.8) is 0 Å². The number of esters is 1. The molecule has 0 bridgehead atoms. The molecule has 1 heterocycles. The fourth-order valence-electron chi connectivity index (χ4n) is 6.22. The molecule has 4 unspecified atom stereocenters. The molecule has 2 aliphatic rings. The normalized spacial score (nSPS) is 37.0. The Labute approximate surface area is 163 Å². The molecule has 0 saturated heterocycles. The highest BCUT2D eigenvalue weighted by Crippen LogP contribution is 2.65. The zero-order valence-electron chi connectivity index (χ0n) is 17.4. The second-order valence-corrected chi connectivity index (χ2v) is 9.66. The van der Waals surface area contributed by atoms with E-state index < -0.39 is 5.60 Å². The van der Waals surface area contributed by atoms with E-state index in [2.05, 4.69) is 27.7 Å². The molecule has 4 heteroatoms. The van der Waals surface area contributed by atoms with Gasteiger partial charge in [-0.1, -0.05) is 34.1 Å². The van der Waals surface area contributed by atoms with Gasteiger partial charge in [-0.2, -0.15) is 0 Å². The number of allylic oxidation sites excluding steroid dienone is 1. The monoisotopic (exact) mass is 374 g/mol. The van der Waals surface area contributed by atoms with Gasteiger partial charge in [0.15, 0.2) is 0 Å². The molecule has 3 rings (SSSR count). The molecule has 2 aliphatic carbocycles. The number of furan rings is 1. The SMILES string of the molecule is CC(=O)OC=C1CC(C)C(O)(CCc2ccoc2)C2(C)CCCC(C)(C)C12. The maximum Gasteiger partial charge on any atom is 0.307 e. The lowest BCUT2D eigenvalue weighted by atomic mass is 9.43. The molecule has 4 nitrogen and oxygen atoms in total. The summed E-state index contributed by atoms with van der Waals surface area (Å²) in [6, 6.07) is 1.98. The van der Waals surface area contributed by atoms with Crippen molar-refractivity contribution in [1.82, 2.24) is 0 Å². The number of hydrogen-bond donors (Lipinski definition) is 1. The quantitative estimate of drug-likeness (QED) is 0.577. The Kier molecular flexibility index (Phi) is 5.33. The van der Waals surface area contributed by atoms with Gasteiger partial charge in [0.1, 0.15) is 0 Å². The van der Waals surface area contributed by atoms with Crippen molar-refractivity contribution in [1.29, 1.82) is 0 Å². The Hall–Kier alpha value is -1.55. The molecule has 1 aromatic heterocycles. The summed E-state index contributed by atoms with van der Waals surface area (Å²) in [5.41, 5.74) is 1.36. The summed E-state index contributed by atoms with van der Waals surface area (Å²) >= 11 is 0. The fraction of sp³-hybridized carbons (Fsp3) is 0.696. The Balaban J connectivity index is 1.98. The molecule has 1 N–H and O–H groups in total. The lowest BCUT2D eigenvalue weighted by Crippen LogP contribution is -2.63. The highest BCUT2D eigenvalue weighted by atomic mass is 16.5. The van der Waals surface area contributed by atoms with E-state index in [-0.39, 0.29) is 28.6 Å². The van der Waals surface area contributed by atoms with Crippen LogP contribution in [0, 0.1) is 22.7 Å². The average Bonchev–Trinajstić information content (AvgIpc) is 3.08. The molecule has 2 fully saturated rings. The Morgan fingerprint density at radius 1 is 1.37 bits per heavy atom. The molecule has 0 amide bonds. The van der Waals surface area contributed by atoms with E-state index >= 15 is 0 Å². The molecule has 4 atom stereocenters. The minimum absolute atomic E-state index is 0.0583. The van der Waals surface area contributed by atoms with Crippen LogP contribution in [0.5, 0.6) is 0 Å². The van der Waals surface area contributed by atoms with Crippen molar-refractivity contribution in [2.75, 3.05) is 0 Å². The second-order valence-electron chi connectivity index (χ2n) is 9.66. The number of fused-ring (bicyclic) bond motifs is 1. The molecule has 0 aromatic carbocycles. The minimum Gasteiger partial charge on any atom is -0.472 e. The molecule has 1 aromatic rings. The fourth-order valence-corrected chi connectivity index (χ4v) is 6.22. The van der Waals surface area contributed by atoms with Gasteiger partial charge in [0.25, 0.3) is 0 Å². The average molecular weight is 375 g/mol. The number of aryl methyl sites for hydroxylation is 1. The Morgan fingerprint density at radius 3 is 2.74 bits per heavy atom. The summed E-state index contributed by atoms with van der Waals surface area (Å²) in [5, 5.41) is 12.1. The van der Waals surface area contributed by atoms with Gasteiger partial charge in [0.05, 0.1) is 24.4 Å². The van der Waals surface area contributed by atoms with Gasteiger partial charge < -0.3 is 14.3 Å². The van der Waals surface area contributed by atoms with Gasteiger partial charge in [0.2, 0.25) is 0 Å². The smallest absolute Gasteiger partial charge is 0.307 e. The van der Waals surface area contributed by atoms with Crippen LogP contribution >= 0.6 is 0 Å². The van der Waals surface area contributed by atoms with Crippen molar-refractivity contribution in [2.45, 2.75) is 78.7 Å². The molecule has 0 aliphatic heterocycles. The number of hydrogen-bond acceptors (Lipinski definition) is 4. The lowest BCUT2D eigenvalue weighted by molar-refractivity contribution is -0.194. The maximum absolute atomic E-state index is 12.1. The van der Waals surface area contributed by atoms with E-state index in [1.807, 2.05) is 6.07 Å². The third kappa shape index (κ3) is 3.49. The summed E-state index contributed by atoms with van der Waals surface area (Å²) in [7, 11) is 0. The first-order valence-electron chi connectivity index (χ1n) is 10.2. The van der Waals surface area contributed by atoms with E-state index in [1.54, 1.807) is 18.8 Å². The molecular weight excluding hydrogens is 340 g/mol. The summed E-state index contributed by atoms with van der Waals surface area (Å²) in [4.78, 5) is 11.4. The van der Waals surface area contributed by atoms with Crippen LogP contribution in [0.1, 0.15) is 72.3 Å². The first kappa shape index (κ1) is 20.2. The number of ether oxygens (including phenoxy) is 1. The van der Waals surface area contributed by atoms with Gasteiger partial charge >= 0.3 is 5.97 Å². The lowest BCUT2D eigenvalue weighted by Gasteiger charge is -2.63. The second kappa shape index (κ2) is 7.12. The minimum atomic E-state index is -0.764. The van der Waals surface area contributed by atoms with Crippen molar-refractivity contribution < 1.29 is 19.1 Å². The molecule has 27 heavy (non-hydrogen) atoms. The Bertz CT molecular complexity index is 702. The van der Waals surface area contributed by atoms with Gasteiger partial charge in [-0.25, -0.2) is 0 Å².